The van der Waals surface area contributed by atoms with Gasteiger partial charge in [-0.2, -0.15) is 0 Å². The van der Waals surface area contributed by atoms with Gasteiger partial charge >= 0.3 is 0 Å². The molecule has 0 bridgehead atoms. The van der Waals surface area contributed by atoms with Crippen LogP contribution in [0, 0.1) is 0 Å². The Morgan fingerprint density at radius 3 is 2.42 bits per heavy atom. The number of nitrogens with zero attached hydrogens (tertiary/aromatic N) is 1. The molecule has 0 spiro atoms. The summed E-state index contributed by atoms with van der Waals surface area (Å²) in [5, 5.41) is 3.03. The second kappa shape index (κ2) is 4.24. The van der Waals surface area contributed by atoms with E-state index in [0.29, 0.717) is 30.8 Å². The highest BCUT2D eigenvalue weighted by Crippen LogP contribution is 2.17. The van der Waals surface area contributed by atoms with Crippen molar-refractivity contribution in [3.8, 4) is 0 Å². The first-order chi connectivity index (χ1) is 9.73. The summed E-state index contributed by atoms with van der Waals surface area (Å²) in [5.41, 5.74) is 0. The zero-order chi connectivity index (χ0) is 17.2. The molecule has 0 atom stereocenters. The van der Waals surface area contributed by atoms with Gasteiger partial charge in [0.15, 0.2) is 0 Å². The van der Waals surface area contributed by atoms with Crippen LogP contribution in [-0.2, 0) is 0 Å². The topological polar surface area (TPSA) is 15.3 Å². The van der Waals surface area contributed by atoms with E-state index in [4.69, 9.17) is 13.7 Å². The monoisotopic (exact) mass is 178 g/mol. The molecule has 70 valence electrons. The lowest BCUT2D eigenvalue weighted by Crippen LogP contribution is -2.45. The molecule has 2 aliphatic heterocycles. The average Bonchev–Trinajstić information content (AvgIpc) is 2.37. The van der Waals surface area contributed by atoms with Gasteiger partial charge in [-0.3, -0.25) is 0 Å². The van der Waals surface area contributed by atoms with Crippen LogP contribution in [0.5, 0.6) is 0 Å². The first-order valence-electron chi connectivity index (χ1n) is 9.23. The molecular weight excluding hydrogens is 148 g/mol. The average molecular weight is 178 g/mol. The SMILES string of the molecule is [2H]C1([2H])N(C2CCNCC2)C([2H])([2H])C([2H])([2H])C([2H])([2H])C1([2H])[2H]. The molecule has 0 saturated carbocycles. The molecule has 0 amide bonds. The number of hydrogen-bond acceptors (Lipinski definition) is 2. The van der Waals surface area contributed by atoms with Crippen LogP contribution in [0.4, 0.5) is 0 Å². The summed E-state index contributed by atoms with van der Waals surface area (Å²) in [7, 11) is 0. The molecule has 0 radical (unpaired) electrons. The second-order valence-corrected chi connectivity index (χ2v) is 2.95. The maximum absolute atomic E-state index is 8.06. The largest absolute Gasteiger partial charge is 0.317 e. The number of nitrogens with one attached hydrogen (secondary N) is 1. The van der Waals surface area contributed by atoms with Crippen molar-refractivity contribution in [1.29, 1.82) is 0 Å². The Hall–Kier alpha value is -0.0800. The number of piperidine rings is 2. The fourth-order valence-corrected chi connectivity index (χ4v) is 1.48. The Morgan fingerprint density at radius 2 is 1.75 bits per heavy atom. The van der Waals surface area contributed by atoms with Crippen LogP contribution in [0.2, 0.25) is 0 Å². The summed E-state index contributed by atoms with van der Waals surface area (Å²) in [4.78, 5) is 0.585. The van der Waals surface area contributed by atoms with Crippen LogP contribution < -0.4 is 5.32 Å². The highest BCUT2D eigenvalue weighted by molar-refractivity contribution is 4.79. The van der Waals surface area contributed by atoms with E-state index in [2.05, 4.69) is 5.32 Å². The molecule has 0 aromatic carbocycles. The van der Waals surface area contributed by atoms with Crippen molar-refractivity contribution in [1.82, 2.24) is 10.2 Å². The third kappa shape index (κ3) is 1.99. The van der Waals surface area contributed by atoms with Crippen molar-refractivity contribution in [2.75, 3.05) is 26.1 Å². The normalized spacial score (nSPS) is 62.3. The standard InChI is InChI=1S/C10H20N2/c1-2-8-12(9-3-1)10-4-6-11-7-5-10/h10-11H,1-9H2/i1D2,2D2,3D2,8D2,9D2. The molecule has 2 saturated heterocycles. The van der Waals surface area contributed by atoms with E-state index in [1.54, 1.807) is 0 Å². The van der Waals surface area contributed by atoms with Crippen molar-refractivity contribution in [2.45, 2.75) is 38.0 Å². The van der Waals surface area contributed by atoms with Crippen LogP contribution in [0.1, 0.15) is 45.7 Å². The van der Waals surface area contributed by atoms with Crippen molar-refractivity contribution >= 4 is 0 Å². The summed E-state index contributed by atoms with van der Waals surface area (Å²) < 4.78 is 79.2. The van der Waals surface area contributed by atoms with Crippen LogP contribution in [0.25, 0.3) is 0 Å². The summed E-state index contributed by atoms with van der Waals surface area (Å²) in [6, 6.07) is -0.701. The Bertz CT molecular complexity index is 413. The summed E-state index contributed by atoms with van der Waals surface area (Å²) in [5.74, 6) is 0. The minimum Gasteiger partial charge on any atom is -0.317 e. The van der Waals surface area contributed by atoms with Gasteiger partial charge in [-0.05, 0) is 51.7 Å². The molecule has 0 aromatic rings. The van der Waals surface area contributed by atoms with Crippen LogP contribution >= 0.6 is 0 Å². The van der Waals surface area contributed by atoms with E-state index in [9.17, 15) is 0 Å². The predicted molar refractivity (Wildman–Crippen MR) is 51.3 cm³/mol. The van der Waals surface area contributed by atoms with E-state index >= 15 is 0 Å². The molecular formula is C10H20N2. The zero-order valence-corrected chi connectivity index (χ0v) is 6.85. The summed E-state index contributed by atoms with van der Waals surface area (Å²) in [6.45, 7) is -4.97. The molecule has 2 nitrogen and oxygen atoms in total. The Balaban J connectivity index is 2.60. The lowest BCUT2D eigenvalue weighted by molar-refractivity contribution is 0.136. The summed E-state index contributed by atoms with van der Waals surface area (Å²) >= 11 is 0. The Labute approximate surface area is 89.4 Å². The number of hydrogen-bond donors (Lipinski definition) is 1. The van der Waals surface area contributed by atoms with Gasteiger partial charge in [-0.1, -0.05) is 6.37 Å². The Morgan fingerprint density at radius 1 is 1.08 bits per heavy atom. The maximum Gasteiger partial charge on any atom is 0.0431 e. The minimum absolute atomic E-state index is 0.341. The van der Waals surface area contributed by atoms with E-state index in [1.165, 1.54) is 0 Å². The van der Waals surface area contributed by atoms with Crippen LogP contribution in [0.15, 0.2) is 0 Å². The molecule has 2 heteroatoms. The minimum atomic E-state index is -3.32. The van der Waals surface area contributed by atoms with Gasteiger partial charge in [0.05, 0.1) is 0 Å². The highest BCUT2D eigenvalue weighted by Gasteiger charge is 2.21. The van der Waals surface area contributed by atoms with Gasteiger partial charge in [0.25, 0.3) is 0 Å². The molecule has 1 N–H and O–H groups in total. The molecule has 12 heavy (non-hydrogen) atoms. The molecule has 2 rings (SSSR count). The quantitative estimate of drug-likeness (QED) is 0.649. The van der Waals surface area contributed by atoms with Gasteiger partial charge in [-0.25, -0.2) is 0 Å². The lowest BCUT2D eigenvalue weighted by atomic mass is 10.0. The van der Waals surface area contributed by atoms with Crippen LogP contribution in [0.3, 0.4) is 0 Å². The molecule has 0 aliphatic carbocycles. The zero-order valence-electron chi connectivity index (χ0n) is 16.9. The number of likely N-dealkylation sites (tertiary alicyclic amines) is 1. The second-order valence-electron chi connectivity index (χ2n) is 2.95. The van der Waals surface area contributed by atoms with Gasteiger partial charge in [0, 0.05) is 19.7 Å². The van der Waals surface area contributed by atoms with Gasteiger partial charge in [0.1, 0.15) is 0 Å². The molecule has 0 unspecified atom stereocenters. The number of rotatable bonds is 1. The smallest absolute Gasteiger partial charge is 0.0431 e. The van der Waals surface area contributed by atoms with E-state index in [1.807, 2.05) is 0 Å². The third-order valence-corrected chi connectivity index (χ3v) is 2.15. The van der Waals surface area contributed by atoms with Gasteiger partial charge in [-0.15, -0.1) is 0 Å². The highest BCUT2D eigenvalue weighted by atomic mass is 15.2. The van der Waals surface area contributed by atoms with Crippen LogP contribution in [-0.4, -0.2) is 37.0 Å². The first-order valence-corrected chi connectivity index (χ1v) is 4.23. The molecule has 0 aromatic heterocycles. The van der Waals surface area contributed by atoms with Gasteiger partial charge < -0.3 is 10.2 Å². The van der Waals surface area contributed by atoms with E-state index in [-0.39, 0.29) is 0 Å². The summed E-state index contributed by atoms with van der Waals surface area (Å²) in [6.07, 6.45) is -9.06. The third-order valence-electron chi connectivity index (χ3n) is 2.15. The van der Waals surface area contributed by atoms with Gasteiger partial charge in [0.2, 0.25) is 0 Å². The lowest BCUT2D eigenvalue weighted by Gasteiger charge is -2.36. The maximum atomic E-state index is 8.06. The molecule has 2 aliphatic rings. The van der Waals surface area contributed by atoms with E-state index in [0.717, 1.165) is 0 Å². The van der Waals surface area contributed by atoms with E-state index < -0.39 is 38.2 Å². The first kappa shape index (κ1) is 2.71. The fraction of sp³-hybridized carbons (Fsp3) is 1.00. The molecule has 2 heterocycles. The molecule has 2 fully saturated rings. The Kier molecular flexibility index (Phi) is 0.956. The van der Waals surface area contributed by atoms with Crippen molar-refractivity contribution in [2.24, 2.45) is 0 Å². The van der Waals surface area contributed by atoms with Crippen molar-refractivity contribution in [3.05, 3.63) is 0 Å². The predicted octanol–water partition coefficient (Wildman–Crippen LogP) is 1.22. The van der Waals surface area contributed by atoms with Crippen molar-refractivity contribution < 1.29 is 13.7 Å². The fourth-order valence-electron chi connectivity index (χ4n) is 1.48. The van der Waals surface area contributed by atoms with Crippen molar-refractivity contribution in [3.63, 3.8) is 0 Å².